The van der Waals surface area contributed by atoms with Crippen molar-refractivity contribution in [1.82, 2.24) is 14.9 Å². The Balaban J connectivity index is 1.83. The predicted octanol–water partition coefficient (Wildman–Crippen LogP) is 3.11. The van der Waals surface area contributed by atoms with Crippen molar-refractivity contribution >= 4 is 17.4 Å². The summed E-state index contributed by atoms with van der Waals surface area (Å²) in [7, 11) is 1.56. The minimum absolute atomic E-state index is 0.00722. The second kappa shape index (κ2) is 8.16. The summed E-state index contributed by atoms with van der Waals surface area (Å²) in [6.45, 7) is 0.163. The Labute approximate surface area is 173 Å². The third kappa shape index (κ3) is 3.53. The molecule has 0 radical (unpaired) electrons. The van der Waals surface area contributed by atoms with Gasteiger partial charge in [0.15, 0.2) is 0 Å². The smallest absolute Gasteiger partial charge is 0.296 e. The lowest BCUT2D eigenvalue weighted by Crippen LogP contribution is -2.29. The molecule has 150 valence electrons. The average Bonchev–Trinajstić information content (AvgIpc) is 3.05. The molecule has 0 bridgehead atoms. The monoisotopic (exact) mass is 401 g/mol. The maximum atomic E-state index is 13.0. The van der Waals surface area contributed by atoms with Gasteiger partial charge in [0.2, 0.25) is 0 Å². The number of pyridine rings is 2. The number of carbonyl (C=O) groups is 2. The quantitative estimate of drug-likeness (QED) is 0.401. The number of nitrogens with zero attached hydrogens (tertiary/aromatic N) is 3. The van der Waals surface area contributed by atoms with Crippen LogP contribution in [0.15, 0.2) is 78.8 Å². The fourth-order valence-corrected chi connectivity index (χ4v) is 3.52. The molecule has 0 spiro atoms. The summed E-state index contributed by atoms with van der Waals surface area (Å²) in [6.07, 6.45) is 4.61. The topological polar surface area (TPSA) is 92.6 Å². The van der Waals surface area contributed by atoms with Crippen LogP contribution in [-0.2, 0) is 16.1 Å². The van der Waals surface area contributed by atoms with E-state index in [2.05, 4.69) is 9.97 Å². The number of aliphatic hydroxyl groups excluding tert-OH is 1. The van der Waals surface area contributed by atoms with Gasteiger partial charge < -0.3 is 14.7 Å². The molecule has 1 aliphatic rings. The molecule has 1 aromatic carbocycles. The summed E-state index contributed by atoms with van der Waals surface area (Å²) < 4.78 is 5.26. The molecule has 1 amide bonds. The van der Waals surface area contributed by atoms with Crippen molar-refractivity contribution in [3.8, 4) is 5.75 Å². The van der Waals surface area contributed by atoms with Crippen LogP contribution < -0.4 is 4.74 Å². The number of hydrogen-bond donors (Lipinski definition) is 1. The number of aliphatic hydroxyl groups is 1. The number of rotatable bonds is 5. The van der Waals surface area contributed by atoms with E-state index in [9.17, 15) is 14.7 Å². The first kappa shape index (κ1) is 19.3. The van der Waals surface area contributed by atoms with Crippen molar-refractivity contribution in [2.24, 2.45) is 0 Å². The molecular weight excluding hydrogens is 382 g/mol. The van der Waals surface area contributed by atoms with E-state index in [4.69, 9.17) is 4.74 Å². The highest BCUT2D eigenvalue weighted by molar-refractivity contribution is 6.46. The van der Waals surface area contributed by atoms with Gasteiger partial charge in [0.1, 0.15) is 17.6 Å². The molecule has 1 unspecified atom stereocenters. The zero-order valence-electron chi connectivity index (χ0n) is 16.2. The Hall–Kier alpha value is -4.00. The van der Waals surface area contributed by atoms with E-state index < -0.39 is 17.7 Å². The summed E-state index contributed by atoms with van der Waals surface area (Å²) in [5.41, 5.74) is 1.70. The third-order valence-electron chi connectivity index (χ3n) is 4.95. The number of hydrogen-bond acceptors (Lipinski definition) is 6. The van der Waals surface area contributed by atoms with Crippen LogP contribution in [0.3, 0.4) is 0 Å². The molecule has 30 heavy (non-hydrogen) atoms. The molecule has 3 aromatic rings. The number of methoxy groups -OCH3 is 1. The Morgan fingerprint density at radius 2 is 1.87 bits per heavy atom. The van der Waals surface area contributed by atoms with Crippen LogP contribution in [-0.4, -0.2) is 38.8 Å². The van der Waals surface area contributed by atoms with Crippen molar-refractivity contribution < 1.29 is 19.4 Å². The molecule has 1 atom stereocenters. The molecule has 1 fully saturated rings. The van der Waals surface area contributed by atoms with Gasteiger partial charge in [-0.3, -0.25) is 19.6 Å². The van der Waals surface area contributed by atoms with E-state index in [1.54, 1.807) is 55.8 Å². The minimum Gasteiger partial charge on any atom is -0.507 e. The average molecular weight is 401 g/mol. The lowest BCUT2D eigenvalue weighted by atomic mass is 9.98. The predicted molar refractivity (Wildman–Crippen MR) is 109 cm³/mol. The minimum atomic E-state index is -0.814. The van der Waals surface area contributed by atoms with E-state index >= 15 is 0 Å². The first-order chi connectivity index (χ1) is 14.6. The van der Waals surface area contributed by atoms with E-state index in [0.717, 1.165) is 5.56 Å². The largest absolute Gasteiger partial charge is 0.507 e. The SMILES string of the molecule is COc1cccc(CN2C(=O)C(=O)/C(=C(\O)c3ccncc3)C2c2ccccn2)c1. The number of likely N-dealkylation sites (tertiary alicyclic amines) is 1. The molecule has 7 heteroatoms. The standard InChI is InChI=1S/C23H19N3O4/c1-30-17-6-4-5-15(13-17)14-26-20(18-7-2-3-10-25-18)19(22(28)23(26)29)21(27)16-8-11-24-12-9-16/h2-13,20,27H,14H2,1H3/b21-19-. The van der Waals surface area contributed by atoms with Crippen LogP contribution in [0.4, 0.5) is 0 Å². The van der Waals surface area contributed by atoms with Crippen LogP contribution in [0.5, 0.6) is 5.75 Å². The second-order valence-electron chi connectivity index (χ2n) is 6.77. The molecule has 2 aromatic heterocycles. The number of aromatic nitrogens is 2. The van der Waals surface area contributed by atoms with Gasteiger partial charge in [0.05, 0.1) is 18.4 Å². The molecule has 4 rings (SSSR count). The van der Waals surface area contributed by atoms with Crippen molar-refractivity contribution in [2.75, 3.05) is 7.11 Å². The van der Waals surface area contributed by atoms with Gasteiger partial charge in [-0.2, -0.15) is 0 Å². The first-order valence-corrected chi connectivity index (χ1v) is 9.33. The first-order valence-electron chi connectivity index (χ1n) is 9.33. The summed E-state index contributed by atoms with van der Waals surface area (Å²) in [5.74, 6) is -1.04. The van der Waals surface area contributed by atoms with Crippen LogP contribution >= 0.6 is 0 Å². The van der Waals surface area contributed by atoms with Crippen LogP contribution in [0.25, 0.3) is 5.76 Å². The maximum Gasteiger partial charge on any atom is 0.296 e. The highest BCUT2D eigenvalue weighted by Gasteiger charge is 2.46. The molecule has 0 saturated carbocycles. The van der Waals surface area contributed by atoms with E-state index in [-0.39, 0.29) is 17.9 Å². The summed E-state index contributed by atoms with van der Waals surface area (Å²) in [4.78, 5) is 35.6. The number of carbonyl (C=O) groups excluding carboxylic acids is 2. The van der Waals surface area contributed by atoms with Crippen LogP contribution in [0.1, 0.15) is 22.9 Å². The number of Topliss-reactive ketones (excluding diaryl/α,β-unsaturated/α-hetero) is 1. The van der Waals surface area contributed by atoms with Gasteiger partial charge in [0, 0.05) is 30.7 Å². The number of amides is 1. The van der Waals surface area contributed by atoms with Crippen LogP contribution in [0.2, 0.25) is 0 Å². The molecule has 0 aliphatic carbocycles. The molecule has 1 saturated heterocycles. The lowest BCUT2D eigenvalue weighted by molar-refractivity contribution is -0.140. The highest BCUT2D eigenvalue weighted by Crippen LogP contribution is 2.39. The maximum absolute atomic E-state index is 13.0. The fourth-order valence-electron chi connectivity index (χ4n) is 3.52. The second-order valence-corrected chi connectivity index (χ2v) is 6.77. The van der Waals surface area contributed by atoms with Crippen molar-refractivity contribution in [3.63, 3.8) is 0 Å². The molecule has 1 N–H and O–H groups in total. The summed E-state index contributed by atoms with van der Waals surface area (Å²) >= 11 is 0. The number of benzene rings is 1. The van der Waals surface area contributed by atoms with Gasteiger partial charge in [0.25, 0.3) is 11.7 Å². The lowest BCUT2D eigenvalue weighted by Gasteiger charge is -2.24. The van der Waals surface area contributed by atoms with Crippen LogP contribution in [0, 0.1) is 0 Å². The molecular formula is C23H19N3O4. The Morgan fingerprint density at radius 3 is 2.57 bits per heavy atom. The highest BCUT2D eigenvalue weighted by atomic mass is 16.5. The number of ketones is 1. The Kier molecular flexibility index (Phi) is 5.26. The normalized spacial score (nSPS) is 17.9. The van der Waals surface area contributed by atoms with E-state index in [1.165, 1.54) is 17.3 Å². The van der Waals surface area contributed by atoms with Crippen molar-refractivity contribution in [3.05, 3.63) is 95.6 Å². The van der Waals surface area contributed by atoms with Gasteiger partial charge in [-0.15, -0.1) is 0 Å². The molecule has 7 nitrogen and oxygen atoms in total. The fraction of sp³-hybridized carbons (Fsp3) is 0.130. The van der Waals surface area contributed by atoms with Crippen molar-refractivity contribution in [1.29, 1.82) is 0 Å². The Bertz CT molecular complexity index is 1110. The van der Waals surface area contributed by atoms with Crippen molar-refractivity contribution in [2.45, 2.75) is 12.6 Å². The zero-order valence-corrected chi connectivity index (χ0v) is 16.2. The third-order valence-corrected chi connectivity index (χ3v) is 4.95. The van der Waals surface area contributed by atoms with Gasteiger partial charge in [-0.25, -0.2) is 0 Å². The summed E-state index contributed by atoms with van der Waals surface area (Å²) in [6, 6.07) is 14.9. The van der Waals surface area contributed by atoms with E-state index in [1.807, 2.05) is 12.1 Å². The molecule has 1 aliphatic heterocycles. The molecule has 3 heterocycles. The van der Waals surface area contributed by atoms with Gasteiger partial charge in [-0.1, -0.05) is 18.2 Å². The van der Waals surface area contributed by atoms with E-state index in [0.29, 0.717) is 17.0 Å². The number of ether oxygens (including phenoxy) is 1. The van der Waals surface area contributed by atoms with Gasteiger partial charge >= 0.3 is 0 Å². The Morgan fingerprint density at radius 1 is 1.07 bits per heavy atom. The summed E-state index contributed by atoms with van der Waals surface area (Å²) in [5, 5.41) is 10.9. The zero-order chi connectivity index (χ0) is 21.1. The van der Waals surface area contributed by atoms with Gasteiger partial charge in [-0.05, 0) is 42.0 Å².